The van der Waals surface area contributed by atoms with Gasteiger partial charge in [0.1, 0.15) is 11.5 Å². The lowest BCUT2D eigenvalue weighted by atomic mass is 9.75. The molecule has 2 N–H and O–H groups in total. The highest BCUT2D eigenvalue weighted by molar-refractivity contribution is 6.27. The number of nitrogens with zero attached hydrogens (tertiary/aromatic N) is 1. The highest BCUT2D eigenvalue weighted by Gasteiger charge is 2.35. The van der Waals surface area contributed by atoms with Crippen molar-refractivity contribution in [3.05, 3.63) is 23.8 Å². The summed E-state index contributed by atoms with van der Waals surface area (Å²) in [4.78, 5) is 20.8. The van der Waals surface area contributed by atoms with Crippen LogP contribution in [0, 0.1) is 5.92 Å². The maximum atomic E-state index is 9.10. The molecule has 7 nitrogen and oxygen atoms in total. The quantitative estimate of drug-likeness (QED) is 0.810. The van der Waals surface area contributed by atoms with Gasteiger partial charge >= 0.3 is 11.9 Å². The summed E-state index contributed by atoms with van der Waals surface area (Å²) < 4.78 is 10.7. The molecule has 1 unspecified atom stereocenters. The van der Waals surface area contributed by atoms with E-state index in [9.17, 15) is 0 Å². The molecule has 0 spiro atoms. The van der Waals surface area contributed by atoms with Crippen LogP contribution < -0.4 is 9.47 Å². The van der Waals surface area contributed by atoms with E-state index in [-0.39, 0.29) is 0 Å². The number of aliphatic carboxylic acids is 2. The van der Waals surface area contributed by atoms with Gasteiger partial charge in [0.15, 0.2) is 0 Å². The standard InChI is InChI=1S/C15H21NO2.C2H2O4/c1-17-13-7-12(8-14(9-13)18-2)15-10-16-5-3-11(15)4-6-16;3-1(4)2(5)6/h7-9,11,15H,3-6,10H2,1-2H3;(H,3,4)(H,5,6). The Hall–Kier alpha value is -2.28. The molecule has 0 aliphatic carbocycles. The molecule has 3 aliphatic heterocycles. The zero-order valence-electron chi connectivity index (χ0n) is 13.9. The van der Waals surface area contributed by atoms with Crippen molar-refractivity contribution in [3.63, 3.8) is 0 Å². The van der Waals surface area contributed by atoms with Gasteiger partial charge in [-0.15, -0.1) is 0 Å². The van der Waals surface area contributed by atoms with Crippen LogP contribution in [0.25, 0.3) is 0 Å². The van der Waals surface area contributed by atoms with Gasteiger partial charge < -0.3 is 24.6 Å². The lowest BCUT2D eigenvalue weighted by Crippen LogP contribution is -2.46. The summed E-state index contributed by atoms with van der Waals surface area (Å²) in [7, 11) is 3.43. The molecule has 1 aromatic rings. The molecule has 3 aliphatic rings. The second-order valence-electron chi connectivity index (χ2n) is 6.00. The van der Waals surface area contributed by atoms with Crippen LogP contribution in [0.3, 0.4) is 0 Å². The van der Waals surface area contributed by atoms with E-state index >= 15 is 0 Å². The highest BCUT2D eigenvalue weighted by Crippen LogP contribution is 2.40. The maximum absolute atomic E-state index is 9.10. The number of carbonyl (C=O) groups is 2. The minimum Gasteiger partial charge on any atom is -0.497 e. The molecule has 1 atom stereocenters. The third kappa shape index (κ3) is 4.38. The van der Waals surface area contributed by atoms with Crippen molar-refractivity contribution >= 4 is 11.9 Å². The van der Waals surface area contributed by atoms with Gasteiger partial charge in [-0.25, -0.2) is 9.59 Å². The Bertz CT molecular complexity index is 560. The molecule has 0 radical (unpaired) electrons. The number of rotatable bonds is 3. The number of carboxylic acid groups (broad SMARTS) is 2. The summed E-state index contributed by atoms with van der Waals surface area (Å²) in [6, 6.07) is 6.30. The Balaban J connectivity index is 0.000000301. The van der Waals surface area contributed by atoms with Crippen molar-refractivity contribution in [2.24, 2.45) is 5.92 Å². The molecular weight excluding hydrogens is 314 g/mol. The van der Waals surface area contributed by atoms with Crippen LogP contribution in [-0.2, 0) is 9.59 Å². The van der Waals surface area contributed by atoms with Crippen LogP contribution in [-0.4, -0.2) is 60.9 Å². The third-order valence-electron chi connectivity index (χ3n) is 4.64. The molecule has 2 bridgehead atoms. The number of ether oxygens (including phenoxy) is 2. The van der Waals surface area contributed by atoms with E-state index in [0.29, 0.717) is 5.92 Å². The summed E-state index contributed by atoms with van der Waals surface area (Å²) >= 11 is 0. The largest absolute Gasteiger partial charge is 0.497 e. The second kappa shape index (κ2) is 8.01. The third-order valence-corrected chi connectivity index (χ3v) is 4.64. The molecule has 0 amide bonds. The molecule has 3 fully saturated rings. The summed E-state index contributed by atoms with van der Waals surface area (Å²) in [5, 5.41) is 14.8. The molecule has 132 valence electrons. The number of fused-ring (bicyclic) bond motifs is 3. The lowest BCUT2D eigenvalue weighted by Gasteiger charge is -2.45. The van der Waals surface area contributed by atoms with E-state index in [1.54, 1.807) is 14.2 Å². The molecule has 3 saturated heterocycles. The topological polar surface area (TPSA) is 96.3 Å². The fourth-order valence-corrected chi connectivity index (χ4v) is 3.39. The summed E-state index contributed by atoms with van der Waals surface area (Å²) in [6.45, 7) is 3.76. The second-order valence-corrected chi connectivity index (χ2v) is 6.00. The van der Waals surface area contributed by atoms with Gasteiger partial charge in [0, 0.05) is 12.6 Å². The predicted molar refractivity (Wildman–Crippen MR) is 86.7 cm³/mol. The number of carboxylic acids is 2. The zero-order valence-corrected chi connectivity index (χ0v) is 13.9. The van der Waals surface area contributed by atoms with Crippen molar-refractivity contribution in [1.29, 1.82) is 0 Å². The van der Waals surface area contributed by atoms with Gasteiger partial charge in [-0.05, 0) is 55.5 Å². The molecule has 0 aromatic heterocycles. The molecule has 7 heteroatoms. The normalized spacial score (nSPS) is 24.5. The SMILES string of the molecule is COc1cc(OC)cc(C2CN3CCC2CC3)c1.O=C(O)C(=O)O. The predicted octanol–water partition coefficient (Wildman–Crippen LogP) is 1.67. The van der Waals surface area contributed by atoms with Crippen molar-refractivity contribution in [2.45, 2.75) is 18.8 Å². The first-order chi connectivity index (χ1) is 11.4. The van der Waals surface area contributed by atoms with Gasteiger partial charge in [-0.2, -0.15) is 0 Å². The summed E-state index contributed by atoms with van der Waals surface area (Å²) in [6.07, 6.45) is 2.67. The fraction of sp³-hybridized carbons (Fsp3) is 0.529. The molecule has 1 aromatic carbocycles. The van der Waals surface area contributed by atoms with Gasteiger partial charge in [-0.3, -0.25) is 0 Å². The van der Waals surface area contributed by atoms with E-state index in [0.717, 1.165) is 17.4 Å². The van der Waals surface area contributed by atoms with Crippen LogP contribution in [0.1, 0.15) is 24.3 Å². The highest BCUT2D eigenvalue weighted by atomic mass is 16.5. The Labute approximate surface area is 140 Å². The van der Waals surface area contributed by atoms with Crippen LogP contribution in [0.15, 0.2) is 18.2 Å². The first kappa shape index (κ1) is 18.1. The van der Waals surface area contributed by atoms with Gasteiger partial charge in [0.25, 0.3) is 0 Å². The monoisotopic (exact) mass is 337 g/mol. The zero-order chi connectivity index (χ0) is 17.7. The van der Waals surface area contributed by atoms with Crippen molar-refractivity contribution < 1.29 is 29.3 Å². The Morgan fingerprint density at radius 1 is 1.00 bits per heavy atom. The first-order valence-electron chi connectivity index (χ1n) is 7.86. The minimum atomic E-state index is -1.82. The number of methoxy groups -OCH3 is 2. The molecular formula is C17H23NO6. The summed E-state index contributed by atoms with van der Waals surface area (Å²) in [5.74, 6) is -0.352. The summed E-state index contributed by atoms with van der Waals surface area (Å²) in [5.41, 5.74) is 1.38. The van der Waals surface area contributed by atoms with E-state index in [1.165, 1.54) is 38.0 Å². The number of hydrogen-bond donors (Lipinski definition) is 2. The Kier molecular flexibility index (Phi) is 6.03. The van der Waals surface area contributed by atoms with E-state index < -0.39 is 11.9 Å². The van der Waals surface area contributed by atoms with Gasteiger partial charge in [0.2, 0.25) is 0 Å². The van der Waals surface area contributed by atoms with Crippen LogP contribution in [0.5, 0.6) is 11.5 Å². The van der Waals surface area contributed by atoms with E-state index in [1.807, 2.05) is 6.07 Å². The molecule has 3 heterocycles. The van der Waals surface area contributed by atoms with Crippen LogP contribution >= 0.6 is 0 Å². The smallest absolute Gasteiger partial charge is 0.414 e. The molecule has 4 rings (SSSR count). The van der Waals surface area contributed by atoms with Crippen LogP contribution in [0.4, 0.5) is 0 Å². The van der Waals surface area contributed by atoms with Crippen molar-refractivity contribution in [2.75, 3.05) is 33.9 Å². The number of hydrogen-bond acceptors (Lipinski definition) is 5. The fourth-order valence-electron chi connectivity index (χ4n) is 3.39. The average Bonchev–Trinajstić information content (AvgIpc) is 2.62. The molecule has 24 heavy (non-hydrogen) atoms. The number of piperidine rings is 3. The van der Waals surface area contributed by atoms with E-state index in [2.05, 4.69) is 17.0 Å². The number of benzene rings is 1. The van der Waals surface area contributed by atoms with E-state index in [4.69, 9.17) is 29.3 Å². The lowest BCUT2D eigenvalue weighted by molar-refractivity contribution is -0.159. The minimum absolute atomic E-state index is 0.650. The van der Waals surface area contributed by atoms with Crippen molar-refractivity contribution in [1.82, 2.24) is 4.90 Å². The van der Waals surface area contributed by atoms with Gasteiger partial charge in [-0.1, -0.05) is 0 Å². The average molecular weight is 337 g/mol. The Morgan fingerprint density at radius 3 is 1.83 bits per heavy atom. The molecule has 0 saturated carbocycles. The first-order valence-corrected chi connectivity index (χ1v) is 7.86. The Morgan fingerprint density at radius 2 is 1.50 bits per heavy atom. The van der Waals surface area contributed by atoms with Crippen LogP contribution in [0.2, 0.25) is 0 Å². The van der Waals surface area contributed by atoms with Gasteiger partial charge in [0.05, 0.1) is 14.2 Å². The van der Waals surface area contributed by atoms with Crippen molar-refractivity contribution in [3.8, 4) is 11.5 Å². The maximum Gasteiger partial charge on any atom is 0.414 e.